The summed E-state index contributed by atoms with van der Waals surface area (Å²) in [5.74, 6) is 0. The summed E-state index contributed by atoms with van der Waals surface area (Å²) in [5, 5.41) is 7.17. The van der Waals surface area contributed by atoms with Crippen molar-refractivity contribution in [2.24, 2.45) is 0 Å². The van der Waals surface area contributed by atoms with Crippen molar-refractivity contribution < 1.29 is 0 Å². The van der Waals surface area contributed by atoms with Gasteiger partial charge in [-0.05, 0) is 24.1 Å². The van der Waals surface area contributed by atoms with E-state index in [0.717, 1.165) is 23.0 Å². The Labute approximate surface area is 99.6 Å². The van der Waals surface area contributed by atoms with Gasteiger partial charge in [0.05, 0.1) is 5.56 Å². The first-order valence-corrected chi connectivity index (χ1v) is 5.48. The number of aromatic amines is 1. The third kappa shape index (κ3) is 2.50. The molecule has 2 N–H and O–H groups in total. The maximum absolute atomic E-state index is 11.7. The van der Waals surface area contributed by atoms with Gasteiger partial charge in [0.25, 0.3) is 5.56 Å². The van der Waals surface area contributed by atoms with E-state index in [2.05, 4.69) is 4.98 Å². The first kappa shape index (κ1) is 11.3. The Balaban J connectivity index is 2.36. The van der Waals surface area contributed by atoms with Crippen LogP contribution in [0.15, 0.2) is 41.2 Å². The van der Waals surface area contributed by atoms with Crippen molar-refractivity contribution in [3.63, 3.8) is 0 Å². The van der Waals surface area contributed by atoms with E-state index in [1.165, 1.54) is 0 Å². The fourth-order valence-electron chi connectivity index (χ4n) is 1.86. The zero-order valence-corrected chi connectivity index (χ0v) is 9.66. The molecule has 0 spiro atoms. The molecule has 1 aromatic heterocycles. The van der Waals surface area contributed by atoms with Crippen LogP contribution in [0.2, 0.25) is 0 Å². The lowest BCUT2D eigenvalue weighted by Crippen LogP contribution is -2.16. The van der Waals surface area contributed by atoms with Crippen LogP contribution < -0.4 is 5.56 Å². The third-order valence-electron chi connectivity index (χ3n) is 2.72. The molecule has 3 heteroatoms. The van der Waals surface area contributed by atoms with E-state index in [1.807, 2.05) is 43.3 Å². The molecule has 3 nitrogen and oxygen atoms in total. The first-order valence-electron chi connectivity index (χ1n) is 5.48. The van der Waals surface area contributed by atoms with Gasteiger partial charge in [0.2, 0.25) is 0 Å². The van der Waals surface area contributed by atoms with Gasteiger partial charge in [-0.15, -0.1) is 0 Å². The highest BCUT2D eigenvalue weighted by atomic mass is 16.1. The lowest BCUT2D eigenvalue weighted by atomic mass is 10.1. The summed E-state index contributed by atoms with van der Waals surface area (Å²) >= 11 is 0. The minimum Gasteiger partial charge on any atom is -0.325 e. The van der Waals surface area contributed by atoms with Crippen LogP contribution in [0.5, 0.6) is 0 Å². The highest BCUT2D eigenvalue weighted by Crippen LogP contribution is 2.08. The summed E-state index contributed by atoms with van der Waals surface area (Å²) in [4.78, 5) is 14.5. The molecular weight excluding hydrogens is 212 g/mol. The molecule has 0 saturated heterocycles. The van der Waals surface area contributed by atoms with Crippen LogP contribution in [-0.2, 0) is 6.42 Å². The molecule has 0 bridgehead atoms. The number of pyridine rings is 1. The smallest absolute Gasteiger partial charge is 0.257 e. The molecule has 0 atom stereocenters. The van der Waals surface area contributed by atoms with E-state index in [9.17, 15) is 4.79 Å². The van der Waals surface area contributed by atoms with Gasteiger partial charge in [0, 0.05) is 18.3 Å². The van der Waals surface area contributed by atoms with E-state index in [1.54, 1.807) is 0 Å². The van der Waals surface area contributed by atoms with Crippen molar-refractivity contribution in [2.45, 2.75) is 13.3 Å². The van der Waals surface area contributed by atoms with Crippen LogP contribution in [0.3, 0.4) is 0 Å². The minimum absolute atomic E-state index is 0.189. The summed E-state index contributed by atoms with van der Waals surface area (Å²) in [6.45, 7) is 1.85. The molecule has 0 aliphatic carbocycles. The van der Waals surface area contributed by atoms with Gasteiger partial charge < -0.3 is 10.4 Å². The maximum Gasteiger partial charge on any atom is 0.257 e. The normalized spacial score (nSPS) is 10.2. The molecule has 2 rings (SSSR count). The Morgan fingerprint density at radius 1 is 1.29 bits per heavy atom. The van der Waals surface area contributed by atoms with Crippen molar-refractivity contribution in [1.29, 1.82) is 5.41 Å². The fraction of sp³-hybridized carbons (Fsp3) is 0.143. The van der Waals surface area contributed by atoms with Crippen molar-refractivity contribution >= 4 is 6.21 Å². The lowest BCUT2D eigenvalue weighted by molar-refractivity contribution is 1.03. The van der Waals surface area contributed by atoms with Crippen molar-refractivity contribution in [3.8, 4) is 0 Å². The minimum atomic E-state index is -0.189. The summed E-state index contributed by atoms with van der Waals surface area (Å²) in [6, 6.07) is 11.9. The van der Waals surface area contributed by atoms with Crippen LogP contribution >= 0.6 is 0 Å². The van der Waals surface area contributed by atoms with Crippen LogP contribution in [0, 0.1) is 12.3 Å². The number of rotatable bonds is 3. The Bertz CT molecular complexity index is 585. The zero-order chi connectivity index (χ0) is 12.3. The van der Waals surface area contributed by atoms with Crippen molar-refractivity contribution in [3.05, 3.63) is 69.1 Å². The monoisotopic (exact) mass is 226 g/mol. The van der Waals surface area contributed by atoms with Gasteiger partial charge in [-0.2, -0.15) is 0 Å². The molecule has 0 amide bonds. The van der Waals surface area contributed by atoms with E-state index >= 15 is 0 Å². The standard InChI is InChI=1S/C14H14N2O/c1-10-7-12(16-14(17)13(10)9-15)8-11-5-3-2-4-6-11/h2-7,9,15H,8H2,1H3,(H,16,17). The van der Waals surface area contributed by atoms with Crippen LogP contribution in [-0.4, -0.2) is 11.2 Å². The summed E-state index contributed by atoms with van der Waals surface area (Å²) in [5.41, 5.74) is 3.12. The molecule has 2 aromatic rings. The fourth-order valence-corrected chi connectivity index (χ4v) is 1.86. The zero-order valence-electron chi connectivity index (χ0n) is 9.66. The van der Waals surface area contributed by atoms with E-state index in [4.69, 9.17) is 5.41 Å². The average Bonchev–Trinajstić information content (AvgIpc) is 2.30. The Hall–Kier alpha value is -2.16. The van der Waals surface area contributed by atoms with Gasteiger partial charge in [0.15, 0.2) is 0 Å². The Kier molecular flexibility index (Phi) is 3.19. The van der Waals surface area contributed by atoms with Crippen LogP contribution in [0.25, 0.3) is 0 Å². The molecule has 0 unspecified atom stereocenters. The molecule has 1 aromatic carbocycles. The van der Waals surface area contributed by atoms with Crippen molar-refractivity contribution in [1.82, 2.24) is 4.98 Å². The Morgan fingerprint density at radius 2 is 2.00 bits per heavy atom. The summed E-state index contributed by atoms with van der Waals surface area (Å²) in [7, 11) is 0. The predicted octanol–water partition coefficient (Wildman–Crippen LogP) is 2.27. The highest BCUT2D eigenvalue weighted by Gasteiger charge is 2.04. The average molecular weight is 226 g/mol. The molecular formula is C14H14N2O. The number of benzene rings is 1. The van der Waals surface area contributed by atoms with Gasteiger partial charge in [-0.25, -0.2) is 0 Å². The molecule has 1 heterocycles. The second kappa shape index (κ2) is 4.78. The maximum atomic E-state index is 11.7. The summed E-state index contributed by atoms with van der Waals surface area (Å²) < 4.78 is 0. The number of hydrogen-bond acceptors (Lipinski definition) is 2. The second-order valence-corrected chi connectivity index (χ2v) is 4.03. The van der Waals surface area contributed by atoms with E-state index in [-0.39, 0.29) is 5.56 Å². The lowest BCUT2D eigenvalue weighted by Gasteiger charge is -2.05. The Morgan fingerprint density at radius 3 is 2.59 bits per heavy atom. The number of H-pyrrole nitrogens is 1. The van der Waals surface area contributed by atoms with Crippen LogP contribution in [0.4, 0.5) is 0 Å². The number of hydrogen-bond donors (Lipinski definition) is 2. The number of nitrogens with one attached hydrogen (secondary N) is 2. The predicted molar refractivity (Wildman–Crippen MR) is 68.9 cm³/mol. The van der Waals surface area contributed by atoms with Gasteiger partial charge in [-0.1, -0.05) is 30.3 Å². The van der Waals surface area contributed by atoms with Crippen LogP contribution in [0.1, 0.15) is 22.4 Å². The van der Waals surface area contributed by atoms with Gasteiger partial charge >= 0.3 is 0 Å². The number of aromatic nitrogens is 1. The number of aryl methyl sites for hydroxylation is 1. The quantitative estimate of drug-likeness (QED) is 0.775. The molecule has 0 aliphatic heterocycles. The molecule has 0 saturated carbocycles. The second-order valence-electron chi connectivity index (χ2n) is 4.03. The van der Waals surface area contributed by atoms with Gasteiger partial charge in [-0.3, -0.25) is 4.79 Å². The molecule has 0 radical (unpaired) electrons. The molecule has 0 aliphatic rings. The topological polar surface area (TPSA) is 56.7 Å². The summed E-state index contributed by atoms with van der Waals surface area (Å²) in [6.07, 6.45) is 1.80. The first-order chi connectivity index (χ1) is 8.20. The highest BCUT2D eigenvalue weighted by molar-refractivity contribution is 5.78. The molecule has 0 fully saturated rings. The van der Waals surface area contributed by atoms with E-state index in [0.29, 0.717) is 12.0 Å². The largest absolute Gasteiger partial charge is 0.325 e. The third-order valence-corrected chi connectivity index (χ3v) is 2.72. The van der Waals surface area contributed by atoms with Crippen molar-refractivity contribution in [2.75, 3.05) is 0 Å². The van der Waals surface area contributed by atoms with Gasteiger partial charge in [0.1, 0.15) is 0 Å². The SMILES string of the molecule is Cc1cc(Cc2ccccc2)[nH]c(=O)c1C=N. The molecule has 86 valence electrons. The van der Waals surface area contributed by atoms with E-state index < -0.39 is 0 Å². The molecule has 17 heavy (non-hydrogen) atoms.